The normalized spacial score (nSPS) is 10.5. The first-order chi connectivity index (χ1) is 10.3. The molecule has 106 valence electrons. The van der Waals surface area contributed by atoms with E-state index in [1.54, 1.807) is 18.3 Å². The SMILES string of the molecule is Fc1cccc(CCNc2nnc(-c3ccccn3)s2)c1. The van der Waals surface area contributed by atoms with Crippen LogP contribution in [0.3, 0.4) is 0 Å². The van der Waals surface area contributed by atoms with Crippen LogP contribution in [0.2, 0.25) is 0 Å². The molecule has 6 heteroatoms. The quantitative estimate of drug-likeness (QED) is 0.784. The zero-order valence-electron chi connectivity index (χ0n) is 11.2. The van der Waals surface area contributed by atoms with Crippen LogP contribution in [0.25, 0.3) is 10.7 Å². The molecular formula is C15H13FN4S. The number of pyridine rings is 1. The van der Waals surface area contributed by atoms with Gasteiger partial charge in [-0.25, -0.2) is 4.39 Å². The maximum absolute atomic E-state index is 13.1. The smallest absolute Gasteiger partial charge is 0.206 e. The van der Waals surface area contributed by atoms with Crippen LogP contribution in [0.15, 0.2) is 48.7 Å². The van der Waals surface area contributed by atoms with Gasteiger partial charge in [-0.1, -0.05) is 29.5 Å². The van der Waals surface area contributed by atoms with Gasteiger partial charge in [0, 0.05) is 12.7 Å². The van der Waals surface area contributed by atoms with Gasteiger partial charge in [0.2, 0.25) is 5.13 Å². The van der Waals surface area contributed by atoms with E-state index in [1.807, 2.05) is 24.3 Å². The maximum Gasteiger partial charge on any atom is 0.206 e. The summed E-state index contributed by atoms with van der Waals surface area (Å²) in [6.45, 7) is 0.681. The molecule has 0 saturated heterocycles. The van der Waals surface area contributed by atoms with E-state index >= 15 is 0 Å². The van der Waals surface area contributed by atoms with Crippen molar-refractivity contribution >= 4 is 16.5 Å². The van der Waals surface area contributed by atoms with Crippen molar-refractivity contribution in [3.05, 3.63) is 60.0 Å². The van der Waals surface area contributed by atoms with Gasteiger partial charge in [-0.15, -0.1) is 10.2 Å². The van der Waals surface area contributed by atoms with Crippen molar-refractivity contribution in [3.63, 3.8) is 0 Å². The number of nitrogens with one attached hydrogen (secondary N) is 1. The Bertz CT molecular complexity index is 714. The van der Waals surface area contributed by atoms with E-state index in [2.05, 4.69) is 20.5 Å². The van der Waals surface area contributed by atoms with E-state index in [1.165, 1.54) is 17.4 Å². The molecule has 0 atom stereocenters. The average Bonchev–Trinajstić information content (AvgIpc) is 2.97. The molecule has 0 spiro atoms. The number of aromatic nitrogens is 3. The Balaban J connectivity index is 1.58. The minimum Gasteiger partial charge on any atom is -0.360 e. The number of anilines is 1. The summed E-state index contributed by atoms with van der Waals surface area (Å²) in [7, 11) is 0. The average molecular weight is 300 g/mol. The van der Waals surface area contributed by atoms with Crippen molar-refractivity contribution in [2.24, 2.45) is 0 Å². The number of halogens is 1. The third-order valence-corrected chi connectivity index (χ3v) is 3.79. The second-order valence-corrected chi connectivity index (χ2v) is 5.41. The van der Waals surface area contributed by atoms with E-state index in [9.17, 15) is 4.39 Å². The molecule has 0 amide bonds. The van der Waals surface area contributed by atoms with Gasteiger partial charge < -0.3 is 5.32 Å². The molecule has 0 radical (unpaired) electrons. The lowest BCUT2D eigenvalue weighted by Gasteiger charge is -2.02. The lowest BCUT2D eigenvalue weighted by atomic mass is 10.1. The number of rotatable bonds is 5. The molecule has 2 heterocycles. The second kappa shape index (κ2) is 6.41. The highest BCUT2D eigenvalue weighted by molar-refractivity contribution is 7.18. The van der Waals surface area contributed by atoms with E-state index < -0.39 is 0 Å². The summed E-state index contributed by atoms with van der Waals surface area (Å²) in [4.78, 5) is 4.24. The Morgan fingerprint density at radius 1 is 1.10 bits per heavy atom. The number of benzene rings is 1. The summed E-state index contributed by atoms with van der Waals surface area (Å²) in [6, 6.07) is 12.3. The molecule has 0 saturated carbocycles. The molecular weight excluding hydrogens is 287 g/mol. The van der Waals surface area contributed by atoms with Gasteiger partial charge in [-0.3, -0.25) is 4.98 Å². The van der Waals surface area contributed by atoms with Crippen molar-refractivity contribution in [2.75, 3.05) is 11.9 Å². The largest absolute Gasteiger partial charge is 0.360 e. The predicted molar refractivity (Wildman–Crippen MR) is 81.7 cm³/mol. The van der Waals surface area contributed by atoms with Crippen molar-refractivity contribution in [3.8, 4) is 10.7 Å². The molecule has 0 fully saturated rings. The number of hydrogen-bond acceptors (Lipinski definition) is 5. The van der Waals surface area contributed by atoms with Crippen LogP contribution in [-0.2, 0) is 6.42 Å². The third kappa shape index (κ3) is 3.61. The Hall–Kier alpha value is -2.34. The minimum atomic E-state index is -0.208. The van der Waals surface area contributed by atoms with E-state index in [-0.39, 0.29) is 5.82 Å². The summed E-state index contributed by atoms with van der Waals surface area (Å²) in [5, 5.41) is 12.9. The molecule has 0 aliphatic rings. The van der Waals surface area contributed by atoms with Gasteiger partial charge in [0.05, 0.1) is 0 Å². The predicted octanol–water partition coefficient (Wildman–Crippen LogP) is 3.39. The molecule has 4 nitrogen and oxygen atoms in total. The Morgan fingerprint density at radius 3 is 2.86 bits per heavy atom. The first kappa shape index (κ1) is 13.6. The van der Waals surface area contributed by atoms with Gasteiger partial charge in [0.1, 0.15) is 11.5 Å². The van der Waals surface area contributed by atoms with Gasteiger partial charge in [0.15, 0.2) is 5.01 Å². The summed E-state index contributed by atoms with van der Waals surface area (Å²) in [5.41, 5.74) is 1.77. The second-order valence-electron chi connectivity index (χ2n) is 4.43. The molecule has 0 aliphatic carbocycles. The fourth-order valence-corrected chi connectivity index (χ4v) is 2.64. The van der Waals surface area contributed by atoms with Crippen LogP contribution in [0.5, 0.6) is 0 Å². The van der Waals surface area contributed by atoms with E-state index in [0.717, 1.165) is 27.8 Å². The van der Waals surface area contributed by atoms with Gasteiger partial charge in [0.25, 0.3) is 0 Å². The molecule has 3 rings (SSSR count). The monoisotopic (exact) mass is 300 g/mol. The standard InChI is InChI=1S/C15H13FN4S/c16-12-5-3-4-11(10-12)7-9-18-15-20-19-14(21-15)13-6-1-2-8-17-13/h1-6,8,10H,7,9H2,(H,18,20). The first-order valence-corrected chi connectivity index (χ1v) is 7.36. The Labute approximate surface area is 125 Å². The highest BCUT2D eigenvalue weighted by Gasteiger charge is 2.06. The fraction of sp³-hybridized carbons (Fsp3) is 0.133. The van der Waals surface area contributed by atoms with E-state index in [4.69, 9.17) is 0 Å². The highest BCUT2D eigenvalue weighted by atomic mass is 32.1. The Morgan fingerprint density at radius 2 is 2.05 bits per heavy atom. The van der Waals surface area contributed by atoms with Crippen molar-refractivity contribution in [1.29, 1.82) is 0 Å². The first-order valence-electron chi connectivity index (χ1n) is 6.54. The van der Waals surface area contributed by atoms with Crippen LogP contribution in [-0.4, -0.2) is 21.7 Å². The van der Waals surface area contributed by atoms with Crippen LogP contribution >= 0.6 is 11.3 Å². The Kier molecular flexibility index (Phi) is 4.16. The molecule has 3 aromatic rings. The molecule has 0 unspecified atom stereocenters. The van der Waals surface area contributed by atoms with Crippen LogP contribution in [0.1, 0.15) is 5.56 Å². The summed E-state index contributed by atoms with van der Waals surface area (Å²) >= 11 is 1.45. The van der Waals surface area contributed by atoms with Gasteiger partial charge >= 0.3 is 0 Å². The maximum atomic E-state index is 13.1. The van der Waals surface area contributed by atoms with Gasteiger partial charge in [-0.2, -0.15) is 0 Å². The molecule has 2 aromatic heterocycles. The lowest BCUT2D eigenvalue weighted by Crippen LogP contribution is -2.04. The summed E-state index contributed by atoms with van der Waals surface area (Å²) in [5.74, 6) is -0.208. The highest BCUT2D eigenvalue weighted by Crippen LogP contribution is 2.24. The molecule has 21 heavy (non-hydrogen) atoms. The molecule has 1 N–H and O–H groups in total. The number of nitrogens with zero attached hydrogens (tertiary/aromatic N) is 3. The molecule has 1 aromatic carbocycles. The van der Waals surface area contributed by atoms with Crippen molar-refractivity contribution in [2.45, 2.75) is 6.42 Å². The fourth-order valence-electron chi connectivity index (χ4n) is 1.89. The zero-order chi connectivity index (χ0) is 14.5. The topological polar surface area (TPSA) is 50.7 Å². The van der Waals surface area contributed by atoms with E-state index in [0.29, 0.717) is 6.54 Å². The van der Waals surface area contributed by atoms with Crippen LogP contribution in [0.4, 0.5) is 9.52 Å². The van der Waals surface area contributed by atoms with Crippen LogP contribution in [0, 0.1) is 5.82 Å². The van der Waals surface area contributed by atoms with Gasteiger partial charge in [-0.05, 0) is 36.2 Å². The van der Waals surface area contributed by atoms with Crippen molar-refractivity contribution < 1.29 is 4.39 Å². The third-order valence-electron chi connectivity index (χ3n) is 2.89. The van der Waals surface area contributed by atoms with Crippen molar-refractivity contribution in [1.82, 2.24) is 15.2 Å². The zero-order valence-corrected chi connectivity index (χ0v) is 12.0. The number of hydrogen-bond donors (Lipinski definition) is 1. The molecule has 0 bridgehead atoms. The lowest BCUT2D eigenvalue weighted by molar-refractivity contribution is 0.625. The summed E-state index contributed by atoms with van der Waals surface area (Å²) < 4.78 is 13.1. The molecule has 0 aliphatic heterocycles. The minimum absolute atomic E-state index is 0.208. The summed E-state index contributed by atoms with van der Waals surface area (Å²) in [6.07, 6.45) is 2.46. The van der Waals surface area contributed by atoms with Crippen LogP contribution < -0.4 is 5.32 Å².